The molecule has 0 saturated heterocycles. The van der Waals surface area contributed by atoms with Crippen LogP contribution in [0.2, 0.25) is 0 Å². The number of nitrogens with zero attached hydrogens (tertiary/aromatic N) is 5. The van der Waals surface area contributed by atoms with Crippen molar-refractivity contribution in [1.82, 2.24) is 18.9 Å². The molecular formula is C29H29N5OS. The van der Waals surface area contributed by atoms with E-state index in [2.05, 4.69) is 47.0 Å². The van der Waals surface area contributed by atoms with E-state index >= 15 is 0 Å². The Balaban J connectivity index is 1.65. The summed E-state index contributed by atoms with van der Waals surface area (Å²) in [4.78, 5) is 23.7. The summed E-state index contributed by atoms with van der Waals surface area (Å²) in [6, 6.07) is 22.2. The Labute approximate surface area is 214 Å². The molecule has 3 aromatic heterocycles. The zero-order chi connectivity index (χ0) is 25.2. The highest BCUT2D eigenvalue weighted by molar-refractivity contribution is 7.07. The van der Waals surface area contributed by atoms with Gasteiger partial charge in [0, 0.05) is 37.3 Å². The van der Waals surface area contributed by atoms with Crippen molar-refractivity contribution in [2.75, 3.05) is 0 Å². The summed E-state index contributed by atoms with van der Waals surface area (Å²) in [5.41, 5.74) is 7.74. The Hall–Kier alpha value is -3.97. The van der Waals surface area contributed by atoms with Crippen LogP contribution in [0.1, 0.15) is 22.5 Å². The number of hydrogen-bond acceptors (Lipinski definition) is 4. The topological polar surface area (TPSA) is 57.1 Å². The van der Waals surface area contributed by atoms with Crippen LogP contribution in [-0.2, 0) is 20.0 Å². The molecule has 0 aliphatic carbocycles. The van der Waals surface area contributed by atoms with Gasteiger partial charge in [0.1, 0.15) is 0 Å². The SMILES string of the molecule is Cc1ccc(-c2csc(=Nc3c(C)n(C)n(-c4ccccc4)c3=O)n2CCc2ccccn2)cc1C. The van der Waals surface area contributed by atoms with Crippen molar-refractivity contribution in [3.63, 3.8) is 0 Å². The zero-order valence-corrected chi connectivity index (χ0v) is 21.8. The number of rotatable bonds is 6. The molecule has 6 nitrogen and oxygen atoms in total. The first kappa shape index (κ1) is 23.8. The fraction of sp³-hybridized carbons (Fsp3) is 0.207. The molecule has 0 bridgehead atoms. The molecule has 0 aliphatic rings. The second-order valence-electron chi connectivity index (χ2n) is 8.95. The molecule has 0 amide bonds. The van der Waals surface area contributed by atoms with Crippen LogP contribution in [-0.4, -0.2) is 18.9 Å². The molecule has 0 unspecified atom stereocenters. The zero-order valence-electron chi connectivity index (χ0n) is 21.0. The van der Waals surface area contributed by atoms with Crippen LogP contribution in [0.4, 0.5) is 5.69 Å². The van der Waals surface area contributed by atoms with E-state index in [0.717, 1.165) is 39.6 Å². The molecule has 0 radical (unpaired) electrons. The quantitative estimate of drug-likeness (QED) is 0.312. The minimum atomic E-state index is -0.126. The third-order valence-electron chi connectivity index (χ3n) is 6.65. The summed E-state index contributed by atoms with van der Waals surface area (Å²) >= 11 is 1.56. The Morgan fingerprint density at radius 1 is 0.944 bits per heavy atom. The number of pyridine rings is 1. The smallest absolute Gasteiger partial charge is 0.297 e. The molecule has 3 heterocycles. The lowest BCUT2D eigenvalue weighted by atomic mass is 10.0. The first-order chi connectivity index (χ1) is 17.4. The molecule has 0 atom stereocenters. The predicted molar refractivity (Wildman–Crippen MR) is 146 cm³/mol. The van der Waals surface area contributed by atoms with Gasteiger partial charge in [-0.05, 0) is 67.8 Å². The Morgan fingerprint density at radius 3 is 2.44 bits per heavy atom. The van der Waals surface area contributed by atoms with Crippen LogP contribution in [0.15, 0.2) is 88.1 Å². The third-order valence-corrected chi connectivity index (χ3v) is 7.51. The number of para-hydroxylation sites is 1. The number of aryl methyl sites for hydroxylation is 3. The van der Waals surface area contributed by atoms with Gasteiger partial charge in [-0.1, -0.05) is 36.4 Å². The van der Waals surface area contributed by atoms with Crippen LogP contribution in [0.25, 0.3) is 16.9 Å². The first-order valence-corrected chi connectivity index (χ1v) is 12.9. The number of hydrogen-bond donors (Lipinski definition) is 0. The highest BCUT2D eigenvalue weighted by atomic mass is 32.1. The highest BCUT2D eigenvalue weighted by Gasteiger charge is 2.17. The van der Waals surface area contributed by atoms with Gasteiger partial charge in [-0.25, -0.2) is 9.67 Å². The van der Waals surface area contributed by atoms with Crippen LogP contribution >= 0.6 is 11.3 Å². The van der Waals surface area contributed by atoms with E-state index in [1.807, 2.05) is 73.4 Å². The number of thiazole rings is 1. The van der Waals surface area contributed by atoms with E-state index in [4.69, 9.17) is 4.99 Å². The van der Waals surface area contributed by atoms with Crippen molar-refractivity contribution < 1.29 is 0 Å². The van der Waals surface area contributed by atoms with E-state index in [9.17, 15) is 4.79 Å². The minimum absolute atomic E-state index is 0.126. The standard InChI is InChI=1S/C29H29N5OS/c1-20-13-14-23(18-21(20)2)26-19-36-29(33(26)17-15-24-10-8-9-16-30-24)31-27-22(3)32(4)34(28(27)35)25-11-6-5-7-12-25/h5-14,16,18-19H,15,17H2,1-4H3. The van der Waals surface area contributed by atoms with Gasteiger partial charge in [-0.3, -0.25) is 14.5 Å². The van der Waals surface area contributed by atoms with Crippen LogP contribution in [0.5, 0.6) is 0 Å². The Bertz CT molecular complexity index is 1640. The normalized spacial score (nSPS) is 11.8. The molecule has 0 N–H and O–H groups in total. The van der Waals surface area contributed by atoms with E-state index in [0.29, 0.717) is 12.2 Å². The lowest BCUT2D eigenvalue weighted by molar-refractivity contribution is 0.630. The number of aromatic nitrogens is 4. The highest BCUT2D eigenvalue weighted by Crippen LogP contribution is 2.24. The lowest BCUT2D eigenvalue weighted by Gasteiger charge is -2.11. The molecule has 0 spiro atoms. The molecule has 2 aromatic carbocycles. The van der Waals surface area contributed by atoms with Gasteiger partial charge in [-0.2, -0.15) is 0 Å². The van der Waals surface area contributed by atoms with Crippen LogP contribution in [0, 0.1) is 20.8 Å². The molecule has 5 aromatic rings. The van der Waals surface area contributed by atoms with Crippen molar-refractivity contribution in [2.24, 2.45) is 12.0 Å². The first-order valence-electron chi connectivity index (χ1n) is 12.0. The van der Waals surface area contributed by atoms with Crippen LogP contribution < -0.4 is 10.4 Å². The van der Waals surface area contributed by atoms with Gasteiger partial charge in [0.2, 0.25) is 0 Å². The molecule has 182 valence electrons. The van der Waals surface area contributed by atoms with Crippen molar-refractivity contribution in [2.45, 2.75) is 33.7 Å². The summed E-state index contributed by atoms with van der Waals surface area (Å²) in [7, 11) is 1.90. The second kappa shape index (κ2) is 9.95. The van der Waals surface area contributed by atoms with E-state index in [-0.39, 0.29) is 5.56 Å². The van der Waals surface area contributed by atoms with Crippen molar-refractivity contribution in [3.8, 4) is 16.9 Å². The Kier molecular flexibility index (Phi) is 6.57. The fourth-order valence-electron chi connectivity index (χ4n) is 4.32. The molecule has 5 rings (SSSR count). The van der Waals surface area contributed by atoms with E-state index in [1.54, 1.807) is 16.0 Å². The van der Waals surface area contributed by atoms with E-state index in [1.165, 1.54) is 11.1 Å². The molecule has 0 aliphatic heterocycles. The summed E-state index contributed by atoms with van der Waals surface area (Å²) < 4.78 is 5.75. The monoisotopic (exact) mass is 495 g/mol. The largest absolute Gasteiger partial charge is 0.316 e. The summed E-state index contributed by atoms with van der Waals surface area (Å²) in [5, 5.41) is 2.13. The second-order valence-corrected chi connectivity index (χ2v) is 9.78. The maximum Gasteiger partial charge on any atom is 0.297 e. The van der Waals surface area contributed by atoms with Gasteiger partial charge in [0.05, 0.1) is 17.1 Å². The number of benzene rings is 2. The van der Waals surface area contributed by atoms with Crippen LogP contribution in [0.3, 0.4) is 0 Å². The third kappa shape index (κ3) is 4.50. The predicted octanol–water partition coefficient (Wildman–Crippen LogP) is 5.50. The van der Waals surface area contributed by atoms with Gasteiger partial charge in [0.15, 0.2) is 10.5 Å². The van der Waals surface area contributed by atoms with Crippen molar-refractivity contribution in [3.05, 3.63) is 116 Å². The molecule has 0 saturated carbocycles. The van der Waals surface area contributed by atoms with Crippen molar-refractivity contribution >= 4 is 17.0 Å². The molecule has 0 fully saturated rings. The van der Waals surface area contributed by atoms with Crippen molar-refractivity contribution in [1.29, 1.82) is 0 Å². The molecule has 36 heavy (non-hydrogen) atoms. The van der Waals surface area contributed by atoms with Gasteiger partial charge >= 0.3 is 0 Å². The van der Waals surface area contributed by atoms with Gasteiger partial charge in [-0.15, -0.1) is 11.3 Å². The average Bonchev–Trinajstić information content (AvgIpc) is 3.39. The summed E-state index contributed by atoms with van der Waals surface area (Å²) in [6.07, 6.45) is 2.59. The Morgan fingerprint density at radius 2 is 1.72 bits per heavy atom. The lowest BCUT2D eigenvalue weighted by Crippen LogP contribution is -2.20. The molecule has 7 heteroatoms. The molecular weight excluding hydrogens is 466 g/mol. The summed E-state index contributed by atoms with van der Waals surface area (Å²) in [6.45, 7) is 6.91. The summed E-state index contributed by atoms with van der Waals surface area (Å²) in [5.74, 6) is 0. The van der Waals surface area contributed by atoms with E-state index < -0.39 is 0 Å². The maximum absolute atomic E-state index is 13.5. The average molecular weight is 496 g/mol. The van der Waals surface area contributed by atoms with Gasteiger partial charge < -0.3 is 4.57 Å². The minimum Gasteiger partial charge on any atom is -0.316 e. The fourth-order valence-corrected chi connectivity index (χ4v) is 5.26. The maximum atomic E-state index is 13.5. The van der Waals surface area contributed by atoms with Gasteiger partial charge in [0.25, 0.3) is 5.56 Å².